The summed E-state index contributed by atoms with van der Waals surface area (Å²) < 4.78 is 13.3. The number of allylic oxidation sites excluding steroid dienone is 5. The van der Waals surface area contributed by atoms with E-state index in [4.69, 9.17) is 8.83 Å². The highest BCUT2D eigenvalue weighted by Gasteiger charge is 2.46. The van der Waals surface area contributed by atoms with Gasteiger partial charge in [0.15, 0.2) is 0 Å². The lowest BCUT2D eigenvalue weighted by Gasteiger charge is -2.34. The van der Waals surface area contributed by atoms with Gasteiger partial charge in [0.25, 0.3) is 0 Å². The van der Waals surface area contributed by atoms with E-state index in [1.807, 2.05) is 6.07 Å². The van der Waals surface area contributed by atoms with Crippen molar-refractivity contribution >= 4 is 67.2 Å². The lowest BCUT2D eigenvalue weighted by molar-refractivity contribution is 0.504. The van der Waals surface area contributed by atoms with E-state index in [2.05, 4.69) is 274 Å². The predicted octanol–water partition coefficient (Wildman–Crippen LogP) is 20.5. The summed E-state index contributed by atoms with van der Waals surface area (Å²) in [6.45, 7) is 4.58. The van der Waals surface area contributed by atoms with Crippen molar-refractivity contribution in [1.82, 2.24) is 0 Å². The van der Waals surface area contributed by atoms with Crippen LogP contribution in [0.15, 0.2) is 264 Å². The van der Waals surface area contributed by atoms with Gasteiger partial charge in [-0.15, -0.1) is 0 Å². The first-order valence-corrected chi connectivity index (χ1v) is 27.5. The Morgan fingerprint density at radius 3 is 1.81 bits per heavy atom. The van der Waals surface area contributed by atoms with Gasteiger partial charge in [-0.25, -0.2) is 0 Å². The zero-order valence-electron chi connectivity index (χ0n) is 43.7. The first kappa shape index (κ1) is 45.9. The summed E-state index contributed by atoms with van der Waals surface area (Å²) >= 11 is 0. The molecule has 3 aliphatic rings. The number of anilines is 3. The Hall–Kier alpha value is -9.44. The number of rotatable bonds is 9. The molecule has 2 heterocycles. The molecule has 0 saturated carbocycles. The molecule has 0 radical (unpaired) electrons. The van der Waals surface area contributed by atoms with Gasteiger partial charge in [0.1, 0.15) is 22.5 Å². The van der Waals surface area contributed by atoms with Crippen LogP contribution < -0.4 is 4.90 Å². The van der Waals surface area contributed by atoms with E-state index in [0.29, 0.717) is 11.8 Å². The van der Waals surface area contributed by atoms with Gasteiger partial charge >= 0.3 is 0 Å². The highest BCUT2D eigenvalue weighted by molar-refractivity contribution is 6.09. The molecule has 0 bridgehead atoms. The van der Waals surface area contributed by atoms with Crippen molar-refractivity contribution < 1.29 is 8.83 Å². The Morgan fingerprint density at radius 2 is 1.03 bits per heavy atom. The number of hydrogen-bond acceptors (Lipinski definition) is 3. The summed E-state index contributed by atoms with van der Waals surface area (Å²) in [6, 6.07) is 86.9. The number of hydrogen-bond donors (Lipinski definition) is 0. The normalized spacial score (nSPS) is 16.2. The minimum absolute atomic E-state index is 0.345. The Bertz CT molecular complexity index is 4360. The van der Waals surface area contributed by atoms with Gasteiger partial charge in [-0.05, 0) is 134 Å². The number of nitrogens with zero attached hydrogens (tertiary/aromatic N) is 1. The van der Waals surface area contributed by atoms with Crippen LogP contribution in [0.5, 0.6) is 0 Å². The summed E-state index contributed by atoms with van der Waals surface area (Å²) in [7, 11) is 0. The zero-order chi connectivity index (χ0) is 51.9. The molecule has 0 fully saturated rings. The molecule has 3 heteroatoms. The molecular weight excluding hydrogens is 947 g/mol. The molecule has 15 rings (SSSR count). The Kier molecular flexibility index (Phi) is 10.8. The number of fused-ring (bicyclic) bond motifs is 9. The van der Waals surface area contributed by atoms with Gasteiger partial charge in [-0.3, -0.25) is 0 Å². The van der Waals surface area contributed by atoms with Crippen LogP contribution in [0.4, 0.5) is 17.1 Å². The second-order valence-corrected chi connectivity index (χ2v) is 21.5. The summed E-state index contributed by atoms with van der Waals surface area (Å²) in [5.41, 5.74) is 23.9. The standard InChI is InChI=1S/C75H55NO2/c1-48-33-34-53(46-67(48)66-30-16-28-63-62-25-10-12-32-71(62)77-74(63)66)51-37-41-58(42-38-51)76(59-43-44-70-68(47-59)61-24-9-11-31-69(61)75(70,55-20-5-3-6-21-55)56-22-7-4-8-23-56)57-39-35-50(36-40-57)52-18-14-19-54(45-52)60-26-15-29-65-64-27-13-17-49(2)72(64)78-73(60)65/h3-16,18-32,34-49H,17,33H2,1-2H3. The molecule has 0 amide bonds. The van der Waals surface area contributed by atoms with E-state index in [1.54, 1.807) is 0 Å². The van der Waals surface area contributed by atoms with Crippen LogP contribution in [-0.2, 0) is 5.41 Å². The van der Waals surface area contributed by atoms with Crippen molar-refractivity contribution in [3.63, 3.8) is 0 Å². The first-order chi connectivity index (χ1) is 38.5. The Balaban J connectivity index is 0.838. The lowest BCUT2D eigenvalue weighted by Crippen LogP contribution is -2.28. The van der Waals surface area contributed by atoms with E-state index in [9.17, 15) is 0 Å². The van der Waals surface area contributed by atoms with Gasteiger partial charge in [0, 0.05) is 55.8 Å². The van der Waals surface area contributed by atoms with Crippen LogP contribution in [0, 0.1) is 5.92 Å². The van der Waals surface area contributed by atoms with E-state index in [-0.39, 0.29) is 0 Å². The van der Waals surface area contributed by atoms with Crippen molar-refractivity contribution in [1.29, 1.82) is 0 Å². The minimum atomic E-state index is -0.486. The number of benzene rings is 10. The van der Waals surface area contributed by atoms with Crippen LogP contribution in [0.2, 0.25) is 0 Å². The molecule has 3 nitrogen and oxygen atoms in total. The highest BCUT2D eigenvalue weighted by atomic mass is 16.3. The van der Waals surface area contributed by atoms with Gasteiger partial charge in [0.05, 0.1) is 5.41 Å². The van der Waals surface area contributed by atoms with Crippen molar-refractivity contribution in [2.24, 2.45) is 5.92 Å². The van der Waals surface area contributed by atoms with Gasteiger partial charge < -0.3 is 13.7 Å². The maximum Gasteiger partial charge on any atom is 0.142 e. The van der Waals surface area contributed by atoms with Crippen LogP contribution in [-0.4, -0.2) is 0 Å². The highest BCUT2D eigenvalue weighted by Crippen LogP contribution is 2.57. The molecule has 0 aliphatic heterocycles. The maximum atomic E-state index is 6.69. The first-order valence-electron chi connectivity index (χ1n) is 27.5. The fraction of sp³-hybridized carbons (Fsp3) is 0.0933. The van der Waals surface area contributed by atoms with Crippen LogP contribution >= 0.6 is 0 Å². The lowest BCUT2D eigenvalue weighted by atomic mass is 9.68. The van der Waals surface area contributed by atoms with Crippen molar-refractivity contribution in [2.75, 3.05) is 4.90 Å². The monoisotopic (exact) mass is 1000 g/mol. The molecule has 12 aromatic rings. The van der Waals surface area contributed by atoms with E-state index in [0.717, 1.165) is 85.4 Å². The second-order valence-electron chi connectivity index (χ2n) is 21.5. The van der Waals surface area contributed by atoms with E-state index < -0.39 is 5.41 Å². The average molecular weight is 1000 g/mol. The fourth-order valence-corrected chi connectivity index (χ4v) is 13.2. The van der Waals surface area contributed by atoms with Gasteiger partial charge in [-0.1, -0.05) is 226 Å². The Labute approximate surface area is 455 Å². The fourth-order valence-electron chi connectivity index (χ4n) is 13.2. The summed E-state index contributed by atoms with van der Waals surface area (Å²) in [5.74, 6) is 1.79. The smallest absolute Gasteiger partial charge is 0.142 e. The van der Waals surface area contributed by atoms with Crippen LogP contribution in [0.25, 0.3) is 83.5 Å². The molecule has 2 aromatic heterocycles. The molecule has 2 atom stereocenters. The quantitative estimate of drug-likeness (QED) is 0.144. The van der Waals surface area contributed by atoms with E-state index in [1.165, 1.54) is 66.6 Å². The van der Waals surface area contributed by atoms with Gasteiger partial charge in [0.2, 0.25) is 0 Å². The number of furan rings is 2. The third-order valence-electron chi connectivity index (χ3n) is 17.0. The molecule has 3 aliphatic carbocycles. The van der Waals surface area contributed by atoms with Crippen molar-refractivity contribution in [3.05, 3.63) is 300 Å². The summed E-state index contributed by atoms with van der Waals surface area (Å²) in [5, 5.41) is 3.49. The molecule has 0 spiro atoms. The topological polar surface area (TPSA) is 29.5 Å². The third kappa shape index (κ3) is 7.26. The Morgan fingerprint density at radius 1 is 0.423 bits per heavy atom. The SMILES string of the molecule is CC1CC=C(c2ccc(N(c3ccc(-c4cccc(-c5cccc6c7c(oc56)C(C)CC=C7)c4)cc3)c3ccc4c(c3)-c3ccccc3C4(c3ccccc3)c3ccccc3)cc2)C=C1c1cccc2c1oc1ccccc12. The summed E-state index contributed by atoms with van der Waals surface area (Å²) in [4.78, 5) is 2.42. The van der Waals surface area contributed by atoms with Crippen LogP contribution in [0.3, 0.4) is 0 Å². The van der Waals surface area contributed by atoms with Gasteiger partial charge in [-0.2, -0.15) is 0 Å². The van der Waals surface area contributed by atoms with Crippen molar-refractivity contribution in [3.8, 4) is 33.4 Å². The minimum Gasteiger partial charge on any atom is -0.459 e. The molecule has 0 saturated heterocycles. The average Bonchev–Trinajstić information content (AvgIpc) is 4.25. The molecule has 372 valence electrons. The number of para-hydroxylation sites is 3. The third-order valence-corrected chi connectivity index (χ3v) is 17.0. The van der Waals surface area contributed by atoms with Crippen LogP contribution in [0.1, 0.15) is 77.3 Å². The molecule has 78 heavy (non-hydrogen) atoms. The largest absolute Gasteiger partial charge is 0.459 e. The second kappa shape index (κ2) is 18.4. The zero-order valence-corrected chi connectivity index (χ0v) is 43.7. The molecule has 2 unspecified atom stereocenters. The van der Waals surface area contributed by atoms with E-state index >= 15 is 0 Å². The van der Waals surface area contributed by atoms with Crippen molar-refractivity contribution in [2.45, 2.75) is 38.0 Å². The molecule has 10 aromatic carbocycles. The summed E-state index contributed by atoms with van der Waals surface area (Å²) in [6.07, 6.45) is 11.2. The maximum absolute atomic E-state index is 6.69. The predicted molar refractivity (Wildman–Crippen MR) is 325 cm³/mol. The molecule has 0 N–H and O–H groups in total. The molecular formula is C75H55NO2.